The number of nitrogens with one attached hydrogen (secondary N) is 1. The molecule has 1 spiro atoms. The minimum atomic E-state index is -0.777. The molecule has 1 saturated heterocycles. The highest BCUT2D eigenvalue weighted by molar-refractivity contribution is 6.02. The Balaban J connectivity index is 2.02. The third kappa shape index (κ3) is 4.26. The van der Waals surface area contributed by atoms with Gasteiger partial charge in [0.15, 0.2) is 0 Å². The maximum Gasteiger partial charge on any atom is 0.264 e. The van der Waals surface area contributed by atoms with E-state index in [9.17, 15) is 9.59 Å². The number of nitrogens with zero attached hydrogens (tertiary/aromatic N) is 1. The first kappa shape index (κ1) is 22.4. The minimum absolute atomic E-state index is 0.180. The summed E-state index contributed by atoms with van der Waals surface area (Å²) in [5.41, 5.74) is -0.451. The van der Waals surface area contributed by atoms with Crippen LogP contribution in [-0.2, 0) is 9.53 Å². The van der Waals surface area contributed by atoms with E-state index in [-0.39, 0.29) is 18.4 Å². The van der Waals surface area contributed by atoms with Crippen LogP contribution in [-0.4, -0.2) is 55.9 Å². The van der Waals surface area contributed by atoms with Crippen molar-refractivity contribution in [3.8, 4) is 11.5 Å². The van der Waals surface area contributed by atoms with E-state index in [1.165, 1.54) is 14.2 Å². The molecule has 0 radical (unpaired) electrons. The molecule has 1 saturated carbocycles. The summed E-state index contributed by atoms with van der Waals surface area (Å²) in [4.78, 5) is 28.7. The molecular weight excluding hydrogens is 384 g/mol. The lowest BCUT2D eigenvalue weighted by atomic mass is 9.82. The summed E-state index contributed by atoms with van der Waals surface area (Å²) in [6.45, 7) is 7.00. The number of amides is 2. The zero-order valence-electron chi connectivity index (χ0n) is 18.7. The van der Waals surface area contributed by atoms with Gasteiger partial charge in [-0.25, -0.2) is 0 Å². The van der Waals surface area contributed by atoms with E-state index < -0.39 is 11.8 Å². The van der Waals surface area contributed by atoms with Crippen molar-refractivity contribution in [3.05, 3.63) is 23.8 Å². The molecule has 0 aromatic heterocycles. The lowest BCUT2D eigenvalue weighted by Gasteiger charge is -2.43. The second kappa shape index (κ2) is 9.25. The molecule has 1 N–H and O–H groups in total. The van der Waals surface area contributed by atoms with Crippen molar-refractivity contribution >= 4 is 11.8 Å². The van der Waals surface area contributed by atoms with Crippen LogP contribution < -0.4 is 14.8 Å². The number of hydrogen-bond acceptors (Lipinski definition) is 5. The van der Waals surface area contributed by atoms with Gasteiger partial charge >= 0.3 is 0 Å². The van der Waals surface area contributed by atoms with E-state index in [4.69, 9.17) is 14.2 Å². The molecule has 3 atom stereocenters. The van der Waals surface area contributed by atoms with Crippen LogP contribution in [0.1, 0.15) is 56.8 Å². The van der Waals surface area contributed by atoms with Crippen LogP contribution >= 0.6 is 0 Å². The number of hydrogen-bond donors (Lipinski definition) is 1. The van der Waals surface area contributed by atoms with Gasteiger partial charge in [-0.15, -0.1) is 0 Å². The molecule has 1 aromatic carbocycles. The van der Waals surface area contributed by atoms with Crippen molar-refractivity contribution in [3.63, 3.8) is 0 Å². The van der Waals surface area contributed by atoms with Crippen molar-refractivity contribution in [2.24, 2.45) is 11.8 Å². The molecule has 1 aromatic rings. The molecule has 0 unspecified atom stereocenters. The molecule has 1 aliphatic heterocycles. The van der Waals surface area contributed by atoms with Gasteiger partial charge in [0.05, 0.1) is 20.8 Å². The zero-order valence-corrected chi connectivity index (χ0v) is 18.7. The Bertz CT molecular complexity index is 759. The van der Waals surface area contributed by atoms with Crippen LogP contribution in [0.3, 0.4) is 0 Å². The Morgan fingerprint density at radius 1 is 1.27 bits per heavy atom. The van der Waals surface area contributed by atoms with Crippen molar-refractivity contribution in [1.29, 1.82) is 0 Å². The molecule has 7 nitrogen and oxygen atoms in total. The fourth-order valence-electron chi connectivity index (χ4n) is 4.61. The van der Waals surface area contributed by atoms with Gasteiger partial charge < -0.3 is 19.5 Å². The summed E-state index contributed by atoms with van der Waals surface area (Å²) < 4.78 is 17.2. The predicted octanol–water partition coefficient (Wildman–Crippen LogP) is 3.22. The Labute approximate surface area is 179 Å². The number of rotatable bonds is 6. The van der Waals surface area contributed by atoms with Crippen LogP contribution in [0.5, 0.6) is 11.5 Å². The second-order valence-corrected chi connectivity index (χ2v) is 8.83. The second-order valence-electron chi connectivity index (χ2n) is 8.83. The largest absolute Gasteiger partial charge is 0.496 e. The summed E-state index contributed by atoms with van der Waals surface area (Å²) in [5, 5.41) is 2.98. The summed E-state index contributed by atoms with van der Waals surface area (Å²) in [5.74, 6) is 1.10. The van der Waals surface area contributed by atoms with Crippen LogP contribution in [0.4, 0.5) is 0 Å². The smallest absolute Gasteiger partial charge is 0.264 e. The van der Waals surface area contributed by atoms with Gasteiger partial charge in [-0.05, 0) is 43.2 Å². The third-order valence-electron chi connectivity index (χ3n) is 6.04. The number of carbonyl (C=O) groups excluding carboxylic acids is 2. The third-order valence-corrected chi connectivity index (χ3v) is 6.04. The normalized spacial score (nSPS) is 26.1. The van der Waals surface area contributed by atoms with Gasteiger partial charge in [-0.2, -0.15) is 0 Å². The first-order chi connectivity index (χ1) is 14.3. The van der Waals surface area contributed by atoms with Gasteiger partial charge in [0, 0.05) is 6.54 Å². The van der Waals surface area contributed by atoms with Gasteiger partial charge in [0.2, 0.25) is 5.91 Å². The van der Waals surface area contributed by atoms with E-state index >= 15 is 0 Å². The monoisotopic (exact) mass is 418 g/mol. The van der Waals surface area contributed by atoms with Crippen LogP contribution in [0, 0.1) is 11.8 Å². The molecule has 2 amide bonds. The Morgan fingerprint density at radius 2 is 1.93 bits per heavy atom. The number of carbonyl (C=O) groups is 2. The number of ether oxygens (including phenoxy) is 3. The maximum absolute atomic E-state index is 13.9. The van der Waals surface area contributed by atoms with E-state index in [0.717, 1.165) is 12.8 Å². The van der Waals surface area contributed by atoms with Gasteiger partial charge in [-0.1, -0.05) is 33.3 Å². The summed E-state index contributed by atoms with van der Waals surface area (Å²) in [6.07, 6.45) is 3.47. The first-order valence-electron chi connectivity index (χ1n) is 10.8. The van der Waals surface area contributed by atoms with E-state index in [0.29, 0.717) is 48.3 Å². The molecular formula is C23H34N2O5. The van der Waals surface area contributed by atoms with Gasteiger partial charge in [-0.3, -0.25) is 14.5 Å². The van der Waals surface area contributed by atoms with Gasteiger partial charge in [0.25, 0.3) is 5.91 Å². The molecule has 0 bridgehead atoms. The average molecular weight is 419 g/mol. The van der Waals surface area contributed by atoms with Crippen LogP contribution in [0.2, 0.25) is 0 Å². The maximum atomic E-state index is 13.9. The quantitative estimate of drug-likeness (QED) is 0.768. The van der Waals surface area contributed by atoms with Crippen molar-refractivity contribution in [2.45, 2.75) is 58.2 Å². The van der Waals surface area contributed by atoms with Gasteiger partial charge in [0.1, 0.15) is 28.8 Å². The van der Waals surface area contributed by atoms with Crippen molar-refractivity contribution in [1.82, 2.24) is 10.2 Å². The number of benzene rings is 1. The highest BCUT2D eigenvalue weighted by atomic mass is 16.5. The average Bonchev–Trinajstić information content (AvgIpc) is 3.08. The highest BCUT2D eigenvalue weighted by Gasteiger charge is 2.54. The van der Waals surface area contributed by atoms with Crippen LogP contribution in [0.25, 0.3) is 0 Å². The molecule has 7 heteroatoms. The summed E-state index contributed by atoms with van der Waals surface area (Å²) >= 11 is 0. The van der Waals surface area contributed by atoms with Crippen LogP contribution in [0.15, 0.2) is 18.2 Å². The Kier molecular flexibility index (Phi) is 6.91. The Hall–Kier alpha value is -2.28. The lowest BCUT2D eigenvalue weighted by molar-refractivity contribution is -0.128. The van der Waals surface area contributed by atoms with Crippen molar-refractivity contribution < 1.29 is 23.8 Å². The molecule has 30 heavy (non-hydrogen) atoms. The minimum Gasteiger partial charge on any atom is -0.496 e. The van der Waals surface area contributed by atoms with E-state index in [1.54, 1.807) is 23.1 Å². The molecule has 2 fully saturated rings. The fourth-order valence-corrected chi connectivity index (χ4v) is 4.61. The summed E-state index contributed by atoms with van der Waals surface area (Å²) in [6, 6.07) is 4.56. The molecule has 1 aliphatic carbocycles. The highest BCUT2D eigenvalue weighted by Crippen LogP contribution is 2.45. The Morgan fingerprint density at radius 3 is 2.50 bits per heavy atom. The fraction of sp³-hybridized carbons (Fsp3) is 0.652. The summed E-state index contributed by atoms with van der Waals surface area (Å²) in [7, 11) is 3.05. The van der Waals surface area contributed by atoms with Crippen molar-refractivity contribution in [2.75, 3.05) is 27.4 Å². The van der Waals surface area contributed by atoms with E-state index in [2.05, 4.69) is 12.2 Å². The zero-order chi connectivity index (χ0) is 21.9. The molecule has 1 heterocycles. The first-order valence-corrected chi connectivity index (χ1v) is 10.8. The predicted molar refractivity (Wildman–Crippen MR) is 114 cm³/mol. The molecule has 3 rings (SSSR count). The lowest BCUT2D eigenvalue weighted by Crippen LogP contribution is -2.57. The molecule has 2 aliphatic rings. The topological polar surface area (TPSA) is 77.1 Å². The van der Waals surface area contributed by atoms with E-state index in [1.807, 2.05) is 13.8 Å². The number of methoxy groups -OCH3 is 2. The SMILES string of the molecule is COc1cccc(OC)c1C(=O)N1[C@@H](C(=O)NCC(C)C)CO[C@]12CCC[C@@H](C)C2. The standard InChI is InChI=1S/C23H34N2O5/c1-15(2)13-24-21(26)17-14-30-23(11-7-8-16(3)12-23)25(17)22(27)20-18(28-4)9-6-10-19(20)29-5/h6,9-10,15-17H,7-8,11-14H2,1-5H3,(H,24,26)/t16-,17-,23+/m1/s1. The molecule has 166 valence electrons.